The topological polar surface area (TPSA) is 67.9 Å². The van der Waals surface area contributed by atoms with Crippen molar-refractivity contribution >= 4 is 16.8 Å². The average Bonchev–Trinajstić information content (AvgIpc) is 2.94. The summed E-state index contributed by atoms with van der Waals surface area (Å²) in [6, 6.07) is 9.70. The summed E-state index contributed by atoms with van der Waals surface area (Å²) in [6.45, 7) is 16.5. The van der Waals surface area contributed by atoms with E-state index in [2.05, 4.69) is 31.4 Å². The van der Waals surface area contributed by atoms with Crippen LogP contribution in [0.25, 0.3) is 22.2 Å². The largest absolute Gasteiger partial charge is 0.360 e. The Morgan fingerprint density at radius 3 is 2.29 bits per heavy atom. The van der Waals surface area contributed by atoms with Crippen molar-refractivity contribution < 1.29 is 9.53 Å². The highest BCUT2D eigenvalue weighted by Crippen LogP contribution is 2.42. The van der Waals surface area contributed by atoms with Gasteiger partial charge in [0.25, 0.3) is 0 Å². The van der Waals surface area contributed by atoms with Crippen LogP contribution in [0.4, 0.5) is 0 Å². The smallest absolute Gasteiger partial charge is 0.163 e. The van der Waals surface area contributed by atoms with Crippen molar-refractivity contribution in [2.75, 3.05) is 0 Å². The third-order valence-electron chi connectivity index (χ3n) is 5.71. The van der Waals surface area contributed by atoms with Crippen LogP contribution in [0, 0.1) is 32.1 Å². The molecule has 2 heterocycles. The Morgan fingerprint density at radius 1 is 1.19 bits per heavy atom. The second-order valence-corrected chi connectivity index (χ2v) is 9.05. The van der Waals surface area contributed by atoms with E-state index in [0.29, 0.717) is 5.56 Å². The van der Waals surface area contributed by atoms with Gasteiger partial charge in [0.1, 0.15) is 11.8 Å². The maximum absolute atomic E-state index is 12.8. The number of ketones is 1. The highest BCUT2D eigenvalue weighted by molar-refractivity contribution is 6.01. The van der Waals surface area contributed by atoms with Gasteiger partial charge in [0.05, 0.1) is 17.2 Å². The fraction of sp³-hybridized carbons (Fsp3) is 0.423. The van der Waals surface area contributed by atoms with Gasteiger partial charge in [-0.25, -0.2) is 4.98 Å². The molecule has 0 aliphatic rings. The van der Waals surface area contributed by atoms with Crippen molar-refractivity contribution in [2.24, 2.45) is 0 Å². The van der Waals surface area contributed by atoms with Gasteiger partial charge in [-0.15, -0.1) is 0 Å². The zero-order chi connectivity index (χ0) is 23.1. The highest BCUT2D eigenvalue weighted by atomic mass is 16.5. The molecule has 0 aliphatic heterocycles. The van der Waals surface area contributed by atoms with Crippen LogP contribution in [-0.4, -0.2) is 20.9 Å². The standard InChI is InChI=1S/C26H31N3O2/c1-9-29-17(4)15(2)21-23(20-12-10-19(14-27)11-13-20)22(16(3)28-25(21)29)24(18(5)30)31-26(6,7)8/h10-13,24H,9H2,1-8H3. The number of nitriles is 1. The second-order valence-electron chi connectivity index (χ2n) is 9.05. The first-order valence-electron chi connectivity index (χ1n) is 10.7. The molecule has 0 amide bonds. The quantitative estimate of drug-likeness (QED) is 0.513. The van der Waals surface area contributed by atoms with E-state index in [0.717, 1.165) is 51.2 Å². The van der Waals surface area contributed by atoms with E-state index in [1.165, 1.54) is 0 Å². The van der Waals surface area contributed by atoms with Gasteiger partial charge in [-0.3, -0.25) is 4.79 Å². The Hall–Kier alpha value is -2.97. The number of nitrogens with zero attached hydrogens (tertiary/aromatic N) is 3. The van der Waals surface area contributed by atoms with Gasteiger partial charge in [0.15, 0.2) is 5.78 Å². The molecule has 31 heavy (non-hydrogen) atoms. The minimum absolute atomic E-state index is 0.0571. The molecule has 2 aromatic heterocycles. The third kappa shape index (κ3) is 4.13. The molecule has 0 radical (unpaired) electrons. The fourth-order valence-corrected chi connectivity index (χ4v) is 4.21. The number of benzene rings is 1. The number of aromatic nitrogens is 2. The van der Waals surface area contributed by atoms with Crippen LogP contribution in [0.3, 0.4) is 0 Å². The minimum Gasteiger partial charge on any atom is -0.360 e. The summed E-state index contributed by atoms with van der Waals surface area (Å²) in [5, 5.41) is 10.3. The van der Waals surface area contributed by atoms with Crippen LogP contribution in [0.5, 0.6) is 0 Å². The van der Waals surface area contributed by atoms with Crippen molar-refractivity contribution in [1.29, 1.82) is 5.26 Å². The summed E-state index contributed by atoms with van der Waals surface area (Å²) in [4.78, 5) is 17.8. The van der Waals surface area contributed by atoms with E-state index < -0.39 is 11.7 Å². The first-order valence-corrected chi connectivity index (χ1v) is 10.7. The Balaban J connectivity index is 2.48. The van der Waals surface area contributed by atoms with E-state index in [1.807, 2.05) is 52.0 Å². The molecule has 0 spiro atoms. The minimum atomic E-state index is -0.729. The van der Waals surface area contributed by atoms with Crippen LogP contribution in [-0.2, 0) is 16.1 Å². The summed E-state index contributed by atoms with van der Waals surface area (Å²) in [6.07, 6.45) is -0.729. The van der Waals surface area contributed by atoms with Crippen LogP contribution >= 0.6 is 0 Å². The van der Waals surface area contributed by atoms with Crippen LogP contribution < -0.4 is 0 Å². The number of pyridine rings is 1. The van der Waals surface area contributed by atoms with Crippen molar-refractivity contribution in [3.63, 3.8) is 0 Å². The average molecular weight is 418 g/mol. The van der Waals surface area contributed by atoms with Gasteiger partial charge in [0.2, 0.25) is 0 Å². The normalized spacial score (nSPS) is 12.7. The van der Waals surface area contributed by atoms with Crippen LogP contribution in [0.15, 0.2) is 24.3 Å². The van der Waals surface area contributed by atoms with Gasteiger partial charge >= 0.3 is 0 Å². The summed E-state index contributed by atoms with van der Waals surface area (Å²) in [7, 11) is 0. The molecule has 0 saturated heterocycles. The number of ether oxygens (including phenoxy) is 1. The van der Waals surface area contributed by atoms with Gasteiger partial charge in [-0.05, 0) is 78.6 Å². The molecule has 0 N–H and O–H groups in total. The lowest BCUT2D eigenvalue weighted by molar-refractivity contribution is -0.138. The molecular weight excluding hydrogens is 386 g/mol. The number of Topliss-reactive ketones (excluding diaryl/α,β-unsaturated/α-hetero) is 1. The molecule has 0 bridgehead atoms. The Morgan fingerprint density at radius 2 is 1.81 bits per heavy atom. The predicted octanol–water partition coefficient (Wildman–Crippen LogP) is 5.97. The van der Waals surface area contributed by atoms with Gasteiger partial charge in [0, 0.05) is 34.4 Å². The number of carbonyl (C=O) groups is 1. The van der Waals surface area contributed by atoms with Gasteiger partial charge in [-0.2, -0.15) is 5.26 Å². The lowest BCUT2D eigenvalue weighted by Crippen LogP contribution is -2.27. The maximum Gasteiger partial charge on any atom is 0.163 e. The molecule has 1 unspecified atom stereocenters. The van der Waals surface area contributed by atoms with E-state index in [9.17, 15) is 10.1 Å². The Kier molecular flexibility index (Phi) is 6.07. The number of hydrogen-bond donors (Lipinski definition) is 0. The molecule has 1 atom stereocenters. The fourth-order valence-electron chi connectivity index (χ4n) is 4.21. The van der Waals surface area contributed by atoms with Gasteiger partial charge < -0.3 is 9.30 Å². The molecule has 0 fully saturated rings. The molecule has 5 nitrogen and oxygen atoms in total. The lowest BCUT2D eigenvalue weighted by atomic mass is 9.89. The van der Waals surface area contributed by atoms with Crippen molar-refractivity contribution in [3.8, 4) is 17.2 Å². The van der Waals surface area contributed by atoms with Crippen LogP contribution in [0.2, 0.25) is 0 Å². The van der Waals surface area contributed by atoms with Crippen LogP contribution in [0.1, 0.15) is 68.8 Å². The maximum atomic E-state index is 12.8. The van der Waals surface area contributed by atoms with E-state index >= 15 is 0 Å². The molecule has 1 aromatic carbocycles. The summed E-state index contributed by atoms with van der Waals surface area (Å²) in [5.74, 6) is -0.0571. The number of hydrogen-bond acceptors (Lipinski definition) is 4. The molecule has 162 valence electrons. The lowest BCUT2D eigenvalue weighted by Gasteiger charge is -2.29. The first-order chi connectivity index (χ1) is 14.5. The Labute approximate surface area is 184 Å². The van der Waals surface area contributed by atoms with E-state index in [4.69, 9.17) is 9.72 Å². The summed E-state index contributed by atoms with van der Waals surface area (Å²) in [5.41, 5.74) is 6.81. The molecule has 3 aromatic rings. The molecule has 5 heteroatoms. The summed E-state index contributed by atoms with van der Waals surface area (Å²) < 4.78 is 8.49. The highest BCUT2D eigenvalue weighted by Gasteiger charge is 2.31. The zero-order valence-electron chi connectivity index (χ0n) is 19.8. The predicted molar refractivity (Wildman–Crippen MR) is 124 cm³/mol. The van der Waals surface area contributed by atoms with Crippen molar-refractivity contribution in [1.82, 2.24) is 9.55 Å². The summed E-state index contributed by atoms with van der Waals surface area (Å²) >= 11 is 0. The second kappa shape index (κ2) is 8.28. The van der Waals surface area contributed by atoms with Gasteiger partial charge in [-0.1, -0.05) is 12.1 Å². The molecule has 0 aliphatic carbocycles. The number of carbonyl (C=O) groups excluding carboxylic acids is 1. The third-order valence-corrected chi connectivity index (χ3v) is 5.71. The van der Waals surface area contributed by atoms with E-state index in [1.54, 1.807) is 6.92 Å². The first kappa shape index (κ1) is 22.7. The molecule has 0 saturated carbocycles. The zero-order valence-corrected chi connectivity index (χ0v) is 19.8. The number of aryl methyl sites for hydroxylation is 3. The SMILES string of the molecule is CCn1c(C)c(C)c2c(-c3ccc(C#N)cc3)c(C(OC(C)(C)C)C(C)=O)c(C)nc21. The van der Waals surface area contributed by atoms with Crippen molar-refractivity contribution in [2.45, 2.75) is 73.6 Å². The number of fused-ring (bicyclic) bond motifs is 1. The molecule has 3 rings (SSSR count). The Bertz CT molecular complexity index is 1190. The number of rotatable bonds is 5. The van der Waals surface area contributed by atoms with E-state index in [-0.39, 0.29) is 5.78 Å². The monoisotopic (exact) mass is 417 g/mol. The molecular formula is C26H31N3O2. The van der Waals surface area contributed by atoms with Crippen molar-refractivity contribution in [3.05, 3.63) is 52.3 Å².